The van der Waals surface area contributed by atoms with Crippen molar-refractivity contribution in [3.63, 3.8) is 0 Å². The minimum absolute atomic E-state index is 0.00772. The third-order valence-corrected chi connectivity index (χ3v) is 15.3. The first-order valence-corrected chi connectivity index (χ1v) is 27.8. The number of fused-ring (bicyclic) bond motifs is 5. The summed E-state index contributed by atoms with van der Waals surface area (Å²) in [6, 6.07) is -6.29. The number of amides is 11. The number of methoxy groups -OCH3 is 1. The molecule has 30 heteroatoms. The zero-order chi connectivity index (χ0) is 57.2. The van der Waals surface area contributed by atoms with E-state index in [1.54, 1.807) is 27.7 Å². The molecular formula is C48H65N11O17PS+. The minimum atomic E-state index is -5.13. The normalized spacial score (nSPS) is 24.2. The molecule has 0 aliphatic carbocycles. The van der Waals surface area contributed by atoms with Crippen molar-refractivity contribution < 1.29 is 81.5 Å². The number of thioether (sulfide) groups is 1. The number of anilines is 1. The van der Waals surface area contributed by atoms with Gasteiger partial charge in [0.25, 0.3) is 11.8 Å². The van der Waals surface area contributed by atoms with Crippen LogP contribution in [0.3, 0.4) is 0 Å². The van der Waals surface area contributed by atoms with Crippen LogP contribution in [0, 0.1) is 11.8 Å². The van der Waals surface area contributed by atoms with Crippen LogP contribution in [0.15, 0.2) is 29.3 Å². The Balaban J connectivity index is 1.53. The lowest BCUT2D eigenvalue weighted by atomic mass is 9.96. The molecule has 424 valence electrons. The van der Waals surface area contributed by atoms with Gasteiger partial charge in [-0.1, -0.05) is 40.5 Å². The van der Waals surface area contributed by atoms with Gasteiger partial charge in [0.05, 0.1) is 42.9 Å². The van der Waals surface area contributed by atoms with Crippen molar-refractivity contribution in [2.75, 3.05) is 44.4 Å². The molecule has 8 atom stereocenters. The van der Waals surface area contributed by atoms with Crippen LogP contribution in [0.5, 0.6) is 5.75 Å². The number of aromatic nitrogens is 1. The summed E-state index contributed by atoms with van der Waals surface area (Å²) < 4.78 is 10.0. The highest BCUT2D eigenvalue weighted by atomic mass is 32.2. The Morgan fingerprint density at radius 2 is 1.44 bits per heavy atom. The Morgan fingerprint density at radius 3 is 2.08 bits per heavy atom. The van der Waals surface area contributed by atoms with E-state index in [9.17, 15) is 72.2 Å². The molecule has 1 aromatic heterocycles. The van der Waals surface area contributed by atoms with Crippen molar-refractivity contribution in [3.05, 3.63) is 29.8 Å². The van der Waals surface area contributed by atoms with E-state index in [0.717, 1.165) is 42.0 Å². The van der Waals surface area contributed by atoms with Crippen LogP contribution in [0.2, 0.25) is 0 Å². The van der Waals surface area contributed by atoms with Crippen LogP contribution < -0.4 is 47.1 Å². The number of imide groups is 1. The number of aromatic amines is 1. The summed E-state index contributed by atoms with van der Waals surface area (Å²) in [4.78, 5) is 200. The second kappa shape index (κ2) is 26.4. The number of carbonyl (C=O) groups is 12. The molecule has 2 aromatic rings. The molecule has 5 heterocycles. The van der Waals surface area contributed by atoms with Crippen LogP contribution in [0.25, 0.3) is 10.9 Å². The van der Waals surface area contributed by atoms with Crippen molar-refractivity contribution in [2.45, 2.75) is 120 Å². The highest BCUT2D eigenvalue weighted by Crippen LogP contribution is 2.49. The molecule has 0 saturated carbocycles. The summed E-state index contributed by atoms with van der Waals surface area (Å²) in [6.45, 7) is 5.25. The number of nitrogens with one attached hydrogen (secondary N) is 9. The number of esters is 1. The highest BCUT2D eigenvalue weighted by molar-refractivity contribution is 7.99. The maximum absolute atomic E-state index is 14.7. The van der Waals surface area contributed by atoms with Crippen LogP contribution in [-0.4, -0.2) is 176 Å². The lowest BCUT2D eigenvalue weighted by Gasteiger charge is -2.32. The van der Waals surface area contributed by atoms with Crippen molar-refractivity contribution in [1.82, 2.24) is 52.0 Å². The first-order valence-electron chi connectivity index (χ1n) is 25.3. The van der Waals surface area contributed by atoms with Gasteiger partial charge < -0.3 is 57.2 Å². The van der Waals surface area contributed by atoms with Gasteiger partial charge in [-0.2, -0.15) is 14.7 Å². The van der Waals surface area contributed by atoms with Crippen molar-refractivity contribution in [2.24, 2.45) is 11.8 Å². The molecule has 78 heavy (non-hydrogen) atoms. The third kappa shape index (κ3) is 15.3. The van der Waals surface area contributed by atoms with Gasteiger partial charge in [0, 0.05) is 55.3 Å². The first kappa shape index (κ1) is 60.0. The van der Waals surface area contributed by atoms with Gasteiger partial charge in [0.2, 0.25) is 58.9 Å². The molecule has 0 spiro atoms. The van der Waals surface area contributed by atoms with E-state index in [0.29, 0.717) is 19.3 Å². The van der Waals surface area contributed by atoms with Crippen molar-refractivity contribution in [1.29, 1.82) is 0 Å². The summed E-state index contributed by atoms with van der Waals surface area (Å²) in [5.74, 6) is -11.9. The van der Waals surface area contributed by atoms with Gasteiger partial charge in [-0.25, -0.2) is 0 Å². The van der Waals surface area contributed by atoms with E-state index in [1.807, 2.05) is 0 Å². The maximum Gasteiger partial charge on any atom is 0.613 e. The van der Waals surface area contributed by atoms with E-state index in [4.69, 9.17) is 9.26 Å². The molecule has 11 amide bonds. The van der Waals surface area contributed by atoms with Gasteiger partial charge in [0.15, 0.2) is 0 Å². The fourth-order valence-corrected chi connectivity index (χ4v) is 10.6. The van der Waals surface area contributed by atoms with Gasteiger partial charge in [-0.15, -0.1) is 11.8 Å². The van der Waals surface area contributed by atoms with Gasteiger partial charge in [0.1, 0.15) is 36.3 Å². The van der Waals surface area contributed by atoms with Crippen molar-refractivity contribution in [3.8, 4) is 5.75 Å². The number of hydrogen-bond acceptors (Lipinski definition) is 18. The standard InChI is InChI=1S/C48H64N11O17PS/c1-6-23(3)40-45(69)50-20-35(61)52-31-22-78-47-26(25-16-28(33(18-27(25)55-47)76-77(72,73)74)51-34(60)11-9-15-59-37(63)12-13-38(59)64)17-29(42(66)49-21-36(62)56-40)53-46(70)41(24(4)7-2)57-44(68)32-10-8-14-58(32)48(71)30(54-43(31)67)19-39(65)75-5/h12-13,16,18,23-24,29-32,40-41,72-74H,6-11,14-15,17,19-22H2,1-5H3,(H8-,49,50,51,52,53,54,55,56,57,60,61,62,63,64,66,67,68,69,70)/p+1/t23-,24-,29-,30-,31-,32-,40?,41-/m0/s1. The molecule has 1 saturated heterocycles. The number of hydrogen-bond donors (Lipinski definition) is 12. The predicted molar refractivity (Wildman–Crippen MR) is 277 cm³/mol. The molecule has 1 unspecified atom stereocenters. The summed E-state index contributed by atoms with van der Waals surface area (Å²) in [6.07, 6.45) is 1.75. The smallest absolute Gasteiger partial charge is 0.469 e. The largest absolute Gasteiger partial charge is 0.613 e. The molecule has 28 nitrogen and oxygen atoms in total. The SMILES string of the molecule is CC[C@H](C)C1NC(=O)CNC(=O)[C@@H]2Cc3c([nH]c4cc(O[P+](O)(O)O)c(NC(=O)CCCN5C(=O)C=CC5=O)cc34)SC[C@H](NC(=O)CNC1=O)C(=O)N[C@@H](CC(=O)OC)C(=O)N1CCC[C@H]1C(=O)N[C@@H]([C@@H](C)CC)C(=O)N2. The summed E-state index contributed by atoms with van der Waals surface area (Å²) in [5.41, 5.74) is -0.0670. The monoisotopic (exact) mass is 1130 g/mol. The number of H-pyrrole nitrogens is 1. The summed E-state index contributed by atoms with van der Waals surface area (Å²) >= 11 is 0.848. The van der Waals surface area contributed by atoms with E-state index < -0.39 is 165 Å². The molecule has 6 rings (SSSR count). The average molecular weight is 1130 g/mol. The maximum atomic E-state index is 14.7. The molecule has 0 radical (unpaired) electrons. The van der Waals surface area contributed by atoms with E-state index in [1.165, 1.54) is 11.0 Å². The second-order valence-electron chi connectivity index (χ2n) is 19.2. The number of benzene rings is 1. The van der Waals surface area contributed by atoms with Gasteiger partial charge in [-0.3, -0.25) is 67.0 Å². The average Bonchev–Trinajstić information content (AvgIpc) is 4.15. The number of nitrogens with zero attached hydrogens (tertiary/aromatic N) is 2. The lowest BCUT2D eigenvalue weighted by Crippen LogP contribution is -2.61. The van der Waals surface area contributed by atoms with Crippen LogP contribution in [0.4, 0.5) is 5.69 Å². The molecule has 1 aromatic carbocycles. The third-order valence-electron chi connectivity index (χ3n) is 13.7. The lowest BCUT2D eigenvalue weighted by molar-refractivity contribution is -0.148. The molecule has 4 aliphatic rings. The number of rotatable bonds is 13. The Hall–Kier alpha value is -7.20. The molecule has 1 fully saturated rings. The fraction of sp³-hybridized carbons (Fsp3) is 0.542. The summed E-state index contributed by atoms with van der Waals surface area (Å²) in [7, 11) is -4.07. The molecular weight excluding hydrogens is 1070 g/mol. The van der Waals surface area contributed by atoms with Crippen LogP contribution in [-0.2, 0) is 68.7 Å². The predicted octanol–water partition coefficient (Wildman–Crippen LogP) is -2.19. The number of ether oxygens (including phenoxy) is 1. The quantitative estimate of drug-likeness (QED) is 0.0576. The Kier molecular flexibility index (Phi) is 20.3. The second-order valence-corrected chi connectivity index (χ2v) is 21.4. The van der Waals surface area contributed by atoms with Crippen molar-refractivity contribution >= 4 is 107 Å². The molecule has 2 bridgehead atoms. The van der Waals surface area contributed by atoms with E-state index >= 15 is 0 Å². The fourth-order valence-electron chi connectivity index (χ4n) is 9.09. The van der Waals surface area contributed by atoms with Gasteiger partial charge in [-0.05, 0) is 42.7 Å². The Morgan fingerprint density at radius 1 is 0.795 bits per heavy atom. The zero-order valence-corrected chi connectivity index (χ0v) is 45.1. The number of carbonyl (C=O) groups excluding carboxylic acids is 12. The van der Waals surface area contributed by atoms with Crippen LogP contribution in [0.1, 0.15) is 78.2 Å². The van der Waals surface area contributed by atoms with E-state index in [2.05, 4.69) is 47.5 Å². The first-order chi connectivity index (χ1) is 36.9. The minimum Gasteiger partial charge on any atom is -0.469 e. The highest BCUT2D eigenvalue weighted by Gasteiger charge is 2.43. The topological polar surface area (TPSA) is 402 Å². The van der Waals surface area contributed by atoms with Crippen LogP contribution >= 0.6 is 19.9 Å². The molecule has 4 aliphatic heterocycles. The molecule has 12 N–H and O–H groups in total. The zero-order valence-electron chi connectivity index (χ0n) is 43.4. The van der Waals surface area contributed by atoms with Gasteiger partial charge >= 0.3 is 14.1 Å². The van der Waals surface area contributed by atoms with E-state index in [-0.39, 0.29) is 59.5 Å². The Bertz CT molecular complexity index is 2730. The summed E-state index contributed by atoms with van der Waals surface area (Å²) in [5, 5.41) is 20.9. The Labute approximate surface area is 451 Å².